The maximum absolute atomic E-state index is 13.7. The zero-order valence-electron chi connectivity index (χ0n) is 9.99. The fraction of sp³-hybridized carbons (Fsp3) is 1.00. The Morgan fingerprint density at radius 1 is 1.35 bits per heavy atom. The molecule has 8 heteroatoms. The van der Waals surface area contributed by atoms with Gasteiger partial charge in [-0.3, -0.25) is 4.52 Å². The minimum atomic E-state index is -5.12. The molecule has 0 aliphatic heterocycles. The summed E-state index contributed by atoms with van der Waals surface area (Å²) < 4.78 is 55.4. The molecule has 2 atom stereocenters. The summed E-state index contributed by atoms with van der Waals surface area (Å²) in [4.78, 5) is 17.4. The monoisotopic (exact) mass is 278 g/mol. The number of phosphoric acid groups is 1. The van der Waals surface area contributed by atoms with Crippen molar-refractivity contribution in [3.05, 3.63) is 0 Å². The lowest BCUT2D eigenvalue weighted by molar-refractivity contribution is -0.208. The van der Waals surface area contributed by atoms with Crippen molar-refractivity contribution in [1.29, 1.82) is 0 Å². The molecule has 0 heterocycles. The van der Waals surface area contributed by atoms with Crippen LogP contribution in [0.5, 0.6) is 0 Å². The van der Waals surface area contributed by atoms with Gasteiger partial charge in [-0.1, -0.05) is 20.3 Å². The Morgan fingerprint density at radius 2 is 1.82 bits per heavy atom. The molecule has 0 fully saturated rings. The van der Waals surface area contributed by atoms with Crippen LogP contribution < -0.4 is 0 Å². The van der Waals surface area contributed by atoms with Crippen molar-refractivity contribution in [3.8, 4) is 0 Å². The van der Waals surface area contributed by atoms with Gasteiger partial charge in [-0.15, -0.1) is 0 Å². The lowest BCUT2D eigenvalue weighted by atomic mass is 9.85. The van der Waals surface area contributed by atoms with E-state index in [9.17, 15) is 17.7 Å². The maximum Gasteiger partial charge on any atom is 0.470 e. The Bertz CT molecular complexity index is 292. The second-order valence-electron chi connectivity index (χ2n) is 3.92. The maximum atomic E-state index is 13.7. The van der Waals surface area contributed by atoms with Crippen molar-refractivity contribution in [3.63, 3.8) is 0 Å². The smallest absolute Gasteiger partial charge is 0.303 e. The number of halogens is 3. The highest BCUT2D eigenvalue weighted by molar-refractivity contribution is 7.46. The van der Waals surface area contributed by atoms with Gasteiger partial charge in [0.25, 0.3) is 0 Å². The Labute approximate surface area is 98.4 Å². The van der Waals surface area contributed by atoms with Crippen molar-refractivity contribution in [2.75, 3.05) is 0 Å². The quantitative estimate of drug-likeness (QED) is 0.702. The number of alkyl halides is 3. The first-order chi connectivity index (χ1) is 7.52. The lowest BCUT2D eigenvalue weighted by Crippen LogP contribution is -2.54. The van der Waals surface area contributed by atoms with E-state index in [0.717, 1.165) is 0 Å². The van der Waals surface area contributed by atoms with Crippen LogP contribution in [0.15, 0.2) is 0 Å². The molecule has 2 unspecified atom stereocenters. The first kappa shape index (κ1) is 16.9. The zero-order valence-corrected chi connectivity index (χ0v) is 10.9. The molecule has 4 nitrogen and oxygen atoms in total. The summed E-state index contributed by atoms with van der Waals surface area (Å²) in [6.07, 6.45) is -3.10. The normalized spacial score (nSPS) is 18.8. The van der Waals surface area contributed by atoms with Crippen LogP contribution in [0.1, 0.15) is 40.0 Å². The van der Waals surface area contributed by atoms with Gasteiger partial charge in [-0.2, -0.15) is 0 Å². The highest BCUT2D eigenvalue weighted by Crippen LogP contribution is 2.52. The Morgan fingerprint density at radius 3 is 2.06 bits per heavy atom. The molecule has 0 saturated carbocycles. The van der Waals surface area contributed by atoms with Gasteiger partial charge in [0.2, 0.25) is 0 Å². The van der Waals surface area contributed by atoms with E-state index in [-0.39, 0.29) is 12.8 Å². The highest BCUT2D eigenvalue weighted by atomic mass is 31.2. The summed E-state index contributed by atoms with van der Waals surface area (Å²) in [5.74, 6) is -3.96. The van der Waals surface area contributed by atoms with E-state index >= 15 is 0 Å². The molecule has 0 amide bonds. The van der Waals surface area contributed by atoms with Crippen LogP contribution in [-0.2, 0) is 9.09 Å². The molecule has 0 aliphatic rings. The molecule has 0 spiro atoms. The SMILES string of the molecule is CCCC(CC)(OP(=O)(O)O)C(F)(F)C(C)F. The summed E-state index contributed by atoms with van der Waals surface area (Å²) in [6.45, 7) is 3.47. The van der Waals surface area contributed by atoms with Crippen molar-refractivity contribution < 1.29 is 32.0 Å². The molecule has 17 heavy (non-hydrogen) atoms. The standard InChI is InChI=1S/C9H18F3O4P/c1-4-6-8(5-2,16-17(13,14)15)9(11,12)7(3)10/h7H,4-6H2,1-3H3,(H2,13,14,15). The molecular weight excluding hydrogens is 260 g/mol. The topological polar surface area (TPSA) is 66.8 Å². The molecular formula is C9H18F3O4P. The molecule has 2 N–H and O–H groups in total. The predicted molar refractivity (Wildman–Crippen MR) is 56.6 cm³/mol. The molecule has 0 aromatic carbocycles. The molecule has 0 saturated heterocycles. The number of phosphoric ester groups is 1. The van der Waals surface area contributed by atoms with Crippen molar-refractivity contribution >= 4 is 7.82 Å². The van der Waals surface area contributed by atoms with Crippen molar-refractivity contribution in [2.24, 2.45) is 0 Å². The van der Waals surface area contributed by atoms with Crippen LogP contribution in [0.2, 0.25) is 0 Å². The lowest BCUT2D eigenvalue weighted by Gasteiger charge is -2.40. The summed E-state index contributed by atoms with van der Waals surface area (Å²) >= 11 is 0. The fourth-order valence-corrected chi connectivity index (χ4v) is 2.54. The van der Waals surface area contributed by atoms with E-state index in [2.05, 4.69) is 4.52 Å². The summed E-state index contributed by atoms with van der Waals surface area (Å²) in [5.41, 5.74) is -2.48. The van der Waals surface area contributed by atoms with E-state index in [1.54, 1.807) is 6.92 Å². The van der Waals surface area contributed by atoms with Gasteiger partial charge in [-0.25, -0.2) is 17.7 Å². The molecule has 0 radical (unpaired) electrons. The largest absolute Gasteiger partial charge is 0.470 e. The highest BCUT2D eigenvalue weighted by Gasteiger charge is 2.59. The van der Waals surface area contributed by atoms with Crippen molar-refractivity contribution in [2.45, 2.75) is 57.7 Å². The van der Waals surface area contributed by atoms with Crippen LogP contribution >= 0.6 is 7.82 Å². The van der Waals surface area contributed by atoms with E-state index < -0.39 is 31.9 Å². The van der Waals surface area contributed by atoms with E-state index in [1.165, 1.54) is 6.92 Å². The van der Waals surface area contributed by atoms with Gasteiger partial charge in [-0.05, 0) is 19.8 Å². The van der Waals surface area contributed by atoms with E-state index in [0.29, 0.717) is 6.92 Å². The average molecular weight is 278 g/mol. The van der Waals surface area contributed by atoms with Crippen LogP contribution in [0, 0.1) is 0 Å². The zero-order chi connectivity index (χ0) is 13.9. The summed E-state index contributed by atoms with van der Waals surface area (Å²) in [6, 6.07) is 0. The van der Waals surface area contributed by atoms with Crippen LogP contribution in [0.25, 0.3) is 0 Å². The fourth-order valence-electron chi connectivity index (χ4n) is 1.74. The number of hydrogen-bond acceptors (Lipinski definition) is 2. The molecule has 0 rings (SSSR count). The third kappa shape index (κ3) is 3.95. The minimum absolute atomic E-state index is 0.191. The van der Waals surface area contributed by atoms with Crippen LogP contribution in [0.4, 0.5) is 13.2 Å². The predicted octanol–water partition coefficient (Wildman–Crippen LogP) is 3.04. The van der Waals surface area contributed by atoms with E-state index in [1.807, 2.05) is 0 Å². The third-order valence-corrected chi connectivity index (χ3v) is 3.21. The van der Waals surface area contributed by atoms with Gasteiger partial charge in [0.1, 0.15) is 5.60 Å². The second-order valence-corrected chi connectivity index (χ2v) is 5.08. The number of hydrogen-bond donors (Lipinski definition) is 2. The Hall–Kier alpha value is -0.100. The first-order valence-corrected chi connectivity index (χ1v) is 6.83. The minimum Gasteiger partial charge on any atom is -0.303 e. The number of rotatable bonds is 7. The molecule has 0 bridgehead atoms. The molecule has 0 aliphatic carbocycles. The van der Waals surface area contributed by atoms with Crippen molar-refractivity contribution in [1.82, 2.24) is 0 Å². The van der Waals surface area contributed by atoms with Gasteiger partial charge in [0.15, 0.2) is 6.17 Å². The summed E-state index contributed by atoms with van der Waals surface area (Å²) in [5, 5.41) is 0. The van der Waals surface area contributed by atoms with Gasteiger partial charge < -0.3 is 9.79 Å². The van der Waals surface area contributed by atoms with Crippen LogP contribution in [-0.4, -0.2) is 27.5 Å². The molecule has 104 valence electrons. The third-order valence-electron chi connectivity index (χ3n) is 2.63. The molecule has 0 aromatic rings. The van der Waals surface area contributed by atoms with E-state index in [4.69, 9.17) is 9.79 Å². The van der Waals surface area contributed by atoms with Crippen LogP contribution in [0.3, 0.4) is 0 Å². The van der Waals surface area contributed by atoms with Gasteiger partial charge >= 0.3 is 13.7 Å². The average Bonchev–Trinajstić information content (AvgIpc) is 2.14. The Balaban J connectivity index is 5.43. The first-order valence-electron chi connectivity index (χ1n) is 5.30. The Kier molecular flexibility index (Phi) is 5.66. The summed E-state index contributed by atoms with van der Waals surface area (Å²) in [7, 11) is -5.12. The van der Waals surface area contributed by atoms with Gasteiger partial charge in [0.05, 0.1) is 0 Å². The van der Waals surface area contributed by atoms with Gasteiger partial charge in [0, 0.05) is 0 Å². The second kappa shape index (κ2) is 5.69. The molecule has 0 aromatic heterocycles.